The van der Waals surface area contributed by atoms with Crippen LogP contribution >= 0.6 is 0 Å². The van der Waals surface area contributed by atoms with Crippen molar-refractivity contribution in [2.45, 2.75) is 0 Å². The summed E-state index contributed by atoms with van der Waals surface area (Å²) < 4.78 is 3.22. The van der Waals surface area contributed by atoms with Crippen molar-refractivity contribution in [3.63, 3.8) is 0 Å². The van der Waals surface area contributed by atoms with E-state index in [0.717, 1.165) is 11.5 Å². The van der Waals surface area contributed by atoms with Crippen molar-refractivity contribution in [2.75, 3.05) is 0 Å². The molecule has 0 atom stereocenters. The Kier molecular flexibility index (Phi) is 3.16. The Morgan fingerprint density at radius 3 is 2.62 bits per heavy atom. The van der Waals surface area contributed by atoms with Gasteiger partial charge in [0.1, 0.15) is 0 Å². The number of azo groups is 1. The van der Waals surface area contributed by atoms with Crippen molar-refractivity contribution in [3.05, 3.63) is 41.1 Å². The van der Waals surface area contributed by atoms with Crippen molar-refractivity contribution < 1.29 is 0 Å². The third-order valence-corrected chi connectivity index (χ3v) is 5.88. The molecular weight excluding hydrogens is 296 g/mol. The summed E-state index contributed by atoms with van der Waals surface area (Å²) in [4.78, 5) is 2.14. The van der Waals surface area contributed by atoms with Crippen LogP contribution in [0.5, 0.6) is 0 Å². The second kappa shape index (κ2) is 4.58. The van der Waals surface area contributed by atoms with E-state index in [0.29, 0.717) is 26.5 Å². The molecule has 1 N–H and O–H groups in total. The molecule has 0 fully saturated rings. The molecule has 2 rings (SSSR count). The third-order valence-electron chi connectivity index (χ3n) is 1.38. The van der Waals surface area contributed by atoms with Crippen LogP contribution in [-0.2, 0) is 0 Å². The summed E-state index contributed by atoms with van der Waals surface area (Å²) in [5.74, 6) is 0.934. The Balaban J connectivity index is 2.05. The summed E-state index contributed by atoms with van der Waals surface area (Å²) in [5.41, 5.74) is 0.900. The minimum atomic E-state index is 0.554. The number of benzene rings is 1. The molecule has 3 nitrogen and oxygen atoms in total. The summed E-state index contributed by atoms with van der Waals surface area (Å²) >= 11 is 1.18. The van der Waals surface area contributed by atoms with Crippen LogP contribution in [0.3, 0.4) is 0 Å². The van der Waals surface area contributed by atoms with Crippen LogP contribution in [-0.4, -0.2) is 26.5 Å². The number of rotatable bonds is 2. The van der Waals surface area contributed by atoms with Crippen molar-refractivity contribution in [1.29, 1.82) is 0 Å². The van der Waals surface area contributed by atoms with Gasteiger partial charge in [-0.15, -0.1) is 0 Å². The zero-order chi connectivity index (χ0) is 8.93. The maximum absolute atomic E-state index is 4.10. The van der Waals surface area contributed by atoms with Gasteiger partial charge in [0.25, 0.3) is 0 Å². The van der Waals surface area contributed by atoms with E-state index in [4.69, 9.17) is 0 Å². The fourth-order valence-electron chi connectivity index (χ4n) is 0.811. The molecule has 13 heavy (non-hydrogen) atoms. The average Bonchev–Trinajstić information content (AvgIpc) is 2.69. The van der Waals surface area contributed by atoms with E-state index in [2.05, 4.69) is 19.5 Å². The summed E-state index contributed by atoms with van der Waals surface area (Å²) in [5, 5.41) is 8.20. The van der Waals surface area contributed by atoms with Gasteiger partial charge in [-0.25, -0.2) is 0 Å². The Labute approximate surface area is 87.8 Å². The molecular formula is C8H7N3Se2. The van der Waals surface area contributed by atoms with Gasteiger partial charge in [-0.1, -0.05) is 0 Å². The van der Waals surface area contributed by atoms with Crippen molar-refractivity contribution >= 4 is 32.2 Å². The first-order chi connectivity index (χ1) is 6.45. The van der Waals surface area contributed by atoms with E-state index < -0.39 is 0 Å². The molecule has 0 spiro atoms. The molecule has 1 aromatic rings. The zero-order valence-corrected chi connectivity index (χ0v) is 10.1. The third kappa shape index (κ3) is 2.68. The van der Waals surface area contributed by atoms with Gasteiger partial charge in [-0.05, 0) is 0 Å². The second-order valence-corrected chi connectivity index (χ2v) is 7.91. The number of nitrogens with zero attached hydrogens (tertiary/aromatic N) is 2. The SMILES string of the molecule is C1=C(N=Nc2ccccc2)N[Se][Se]1. The van der Waals surface area contributed by atoms with Crippen LogP contribution in [0.2, 0.25) is 0 Å². The van der Waals surface area contributed by atoms with Gasteiger partial charge in [-0.3, -0.25) is 0 Å². The number of hydrogen-bond donors (Lipinski definition) is 1. The van der Waals surface area contributed by atoms with Crippen LogP contribution in [0, 0.1) is 0 Å². The van der Waals surface area contributed by atoms with E-state index in [1.807, 2.05) is 30.3 Å². The van der Waals surface area contributed by atoms with Crippen molar-refractivity contribution in [3.8, 4) is 0 Å². The van der Waals surface area contributed by atoms with Gasteiger partial charge in [0.05, 0.1) is 0 Å². The molecule has 0 amide bonds. The molecule has 1 aliphatic rings. The van der Waals surface area contributed by atoms with E-state index in [1.165, 1.54) is 0 Å². The Morgan fingerprint density at radius 1 is 1.08 bits per heavy atom. The molecule has 0 aliphatic carbocycles. The van der Waals surface area contributed by atoms with Crippen LogP contribution in [0.25, 0.3) is 0 Å². The van der Waals surface area contributed by atoms with Crippen LogP contribution in [0.15, 0.2) is 51.4 Å². The molecule has 5 heteroatoms. The van der Waals surface area contributed by atoms with E-state index in [1.54, 1.807) is 0 Å². The Morgan fingerprint density at radius 2 is 1.92 bits per heavy atom. The van der Waals surface area contributed by atoms with E-state index in [-0.39, 0.29) is 0 Å². The normalized spacial score (nSPS) is 15.8. The van der Waals surface area contributed by atoms with Crippen LogP contribution < -0.4 is 4.33 Å². The Hall–Kier alpha value is -0.601. The summed E-state index contributed by atoms with van der Waals surface area (Å²) in [7, 11) is 0. The molecule has 0 radical (unpaired) electrons. The first-order valence-corrected chi connectivity index (χ1v) is 9.88. The maximum atomic E-state index is 4.10. The first-order valence-electron chi connectivity index (χ1n) is 3.70. The van der Waals surface area contributed by atoms with Gasteiger partial charge < -0.3 is 0 Å². The van der Waals surface area contributed by atoms with Crippen LogP contribution in [0.4, 0.5) is 5.69 Å². The fraction of sp³-hybridized carbons (Fsp3) is 0. The molecule has 66 valence electrons. The molecule has 1 aliphatic heterocycles. The van der Waals surface area contributed by atoms with Gasteiger partial charge >= 0.3 is 87.9 Å². The first kappa shape index (κ1) is 8.97. The molecule has 0 saturated heterocycles. The molecule has 1 aromatic carbocycles. The van der Waals surface area contributed by atoms with Gasteiger partial charge in [0.15, 0.2) is 0 Å². The summed E-state index contributed by atoms with van der Waals surface area (Å²) in [6.45, 7) is 0. The topological polar surface area (TPSA) is 36.8 Å². The summed E-state index contributed by atoms with van der Waals surface area (Å²) in [6.07, 6.45) is 0. The second-order valence-electron chi connectivity index (χ2n) is 2.32. The average molecular weight is 303 g/mol. The molecule has 1 heterocycles. The molecule has 0 unspecified atom stereocenters. The number of nitrogens with one attached hydrogen (secondary N) is 1. The van der Waals surface area contributed by atoms with E-state index in [9.17, 15) is 0 Å². The summed E-state index contributed by atoms with van der Waals surface area (Å²) in [6, 6.07) is 9.76. The Bertz CT molecular complexity index is 335. The molecule has 0 aromatic heterocycles. The van der Waals surface area contributed by atoms with Gasteiger partial charge in [0.2, 0.25) is 0 Å². The van der Waals surface area contributed by atoms with Crippen LogP contribution in [0.1, 0.15) is 0 Å². The monoisotopic (exact) mass is 305 g/mol. The predicted molar refractivity (Wildman–Crippen MR) is 53.7 cm³/mol. The van der Waals surface area contributed by atoms with Crippen molar-refractivity contribution in [2.24, 2.45) is 10.2 Å². The van der Waals surface area contributed by atoms with Gasteiger partial charge in [0, 0.05) is 0 Å². The fourth-order valence-corrected chi connectivity index (χ4v) is 5.17. The molecule has 0 saturated carbocycles. The predicted octanol–water partition coefficient (Wildman–Crippen LogP) is 1.41. The quantitative estimate of drug-likeness (QED) is 0.651. The van der Waals surface area contributed by atoms with E-state index >= 15 is 0 Å². The van der Waals surface area contributed by atoms with Crippen molar-refractivity contribution in [1.82, 2.24) is 4.33 Å². The van der Waals surface area contributed by atoms with Gasteiger partial charge in [-0.2, -0.15) is 0 Å². The number of hydrogen-bond acceptors (Lipinski definition) is 3. The minimum absolute atomic E-state index is 0.554. The molecule has 0 bridgehead atoms. The standard InChI is InChI=1S/C8H7N3Se2/c1-2-4-7(5-3-1)9-10-8-6-12-13-11-8/h1-6,11H. The zero-order valence-electron chi connectivity index (χ0n) is 6.68.